The van der Waals surface area contributed by atoms with E-state index in [0.29, 0.717) is 11.1 Å². The van der Waals surface area contributed by atoms with Crippen molar-refractivity contribution in [2.75, 3.05) is 0 Å². The average molecular weight is 279 g/mol. The van der Waals surface area contributed by atoms with E-state index in [4.69, 9.17) is 0 Å². The Morgan fingerprint density at radius 2 is 1.70 bits per heavy atom. The Balaban J connectivity index is 3.00. The first-order valence-electron chi connectivity index (χ1n) is 6.34. The molecule has 0 radical (unpaired) electrons. The summed E-state index contributed by atoms with van der Waals surface area (Å²) in [5.41, 5.74) is -1.07. The van der Waals surface area contributed by atoms with E-state index in [9.17, 15) is 19.8 Å². The number of aryl methyl sites for hydroxylation is 1. The number of carboxylic acids is 1. The fourth-order valence-electron chi connectivity index (χ4n) is 1.58. The lowest BCUT2D eigenvalue weighted by Gasteiger charge is -2.38. The number of aromatic hydroxyl groups is 1. The van der Waals surface area contributed by atoms with Gasteiger partial charge in [-0.05, 0) is 58.4 Å². The molecule has 0 aliphatic heterocycles. The largest absolute Gasteiger partial charge is 0.508 e. The lowest BCUT2D eigenvalue weighted by Crippen LogP contribution is -2.56. The van der Waals surface area contributed by atoms with Gasteiger partial charge in [0.25, 0.3) is 5.91 Å². The number of nitrogens with one attached hydrogen (secondary N) is 1. The van der Waals surface area contributed by atoms with Crippen molar-refractivity contribution in [3.63, 3.8) is 0 Å². The number of carbonyl (C=O) groups excluding carboxylic acids is 1. The van der Waals surface area contributed by atoms with E-state index in [1.807, 2.05) is 0 Å². The lowest BCUT2D eigenvalue weighted by atomic mass is 9.74. The summed E-state index contributed by atoms with van der Waals surface area (Å²) in [5.74, 6) is -1.23. The molecule has 0 saturated carbocycles. The Hall–Kier alpha value is -2.04. The molecule has 0 unspecified atom stereocenters. The van der Waals surface area contributed by atoms with Gasteiger partial charge in [-0.2, -0.15) is 0 Å². The smallest absolute Gasteiger partial charge is 0.311 e. The minimum Gasteiger partial charge on any atom is -0.508 e. The third kappa shape index (κ3) is 2.92. The Kier molecular flexibility index (Phi) is 4.12. The Bertz CT molecular complexity index is 547. The summed E-state index contributed by atoms with van der Waals surface area (Å²) in [7, 11) is 0. The molecular weight excluding hydrogens is 258 g/mol. The van der Waals surface area contributed by atoms with E-state index in [1.54, 1.807) is 40.7 Å². The quantitative estimate of drug-likeness (QED) is 0.789. The number of carbonyl (C=O) groups is 2. The summed E-state index contributed by atoms with van der Waals surface area (Å²) in [6, 6.07) is 4.51. The van der Waals surface area contributed by atoms with Gasteiger partial charge < -0.3 is 15.5 Å². The maximum absolute atomic E-state index is 12.2. The summed E-state index contributed by atoms with van der Waals surface area (Å²) in [6.07, 6.45) is 0. The van der Waals surface area contributed by atoms with Gasteiger partial charge in [-0.1, -0.05) is 0 Å². The van der Waals surface area contributed by atoms with Crippen LogP contribution in [0.25, 0.3) is 0 Å². The minimum atomic E-state index is -1.12. The second-order valence-electron chi connectivity index (χ2n) is 6.01. The Labute approximate surface area is 118 Å². The zero-order valence-electron chi connectivity index (χ0n) is 12.4. The number of hydrogen-bond donors (Lipinski definition) is 3. The summed E-state index contributed by atoms with van der Waals surface area (Å²) < 4.78 is 0. The number of aliphatic carboxylic acids is 1. The zero-order valence-corrected chi connectivity index (χ0v) is 12.4. The van der Waals surface area contributed by atoms with Crippen LogP contribution in [0.1, 0.15) is 43.6 Å². The molecule has 1 amide bonds. The number of hydrogen-bond acceptors (Lipinski definition) is 3. The lowest BCUT2D eigenvalue weighted by molar-refractivity contribution is -0.150. The van der Waals surface area contributed by atoms with Crippen LogP contribution in [0.15, 0.2) is 18.2 Å². The fourth-order valence-corrected chi connectivity index (χ4v) is 1.58. The fraction of sp³-hybridized carbons (Fsp3) is 0.467. The van der Waals surface area contributed by atoms with Crippen LogP contribution in [0.3, 0.4) is 0 Å². The Morgan fingerprint density at radius 1 is 1.15 bits per heavy atom. The van der Waals surface area contributed by atoms with Gasteiger partial charge in [-0.3, -0.25) is 9.59 Å². The number of rotatable bonds is 4. The van der Waals surface area contributed by atoms with Crippen LogP contribution in [0.5, 0.6) is 5.75 Å². The molecule has 0 saturated heterocycles. The molecule has 0 bridgehead atoms. The van der Waals surface area contributed by atoms with E-state index >= 15 is 0 Å². The second-order valence-corrected chi connectivity index (χ2v) is 6.01. The van der Waals surface area contributed by atoms with Crippen LogP contribution in [0.4, 0.5) is 0 Å². The van der Waals surface area contributed by atoms with Crippen LogP contribution in [-0.2, 0) is 4.79 Å². The number of carboxylic acid groups (broad SMARTS) is 1. The zero-order chi connectivity index (χ0) is 15.7. The van der Waals surface area contributed by atoms with Crippen molar-refractivity contribution >= 4 is 11.9 Å². The molecule has 0 heterocycles. The molecule has 5 heteroatoms. The third-order valence-electron chi connectivity index (χ3n) is 3.98. The van der Waals surface area contributed by atoms with Crippen molar-refractivity contribution in [2.24, 2.45) is 5.41 Å². The normalized spacial score (nSPS) is 12.1. The molecule has 3 N–H and O–H groups in total. The van der Waals surface area contributed by atoms with Crippen molar-refractivity contribution in [1.82, 2.24) is 5.32 Å². The first-order valence-corrected chi connectivity index (χ1v) is 6.34. The predicted molar refractivity (Wildman–Crippen MR) is 75.8 cm³/mol. The topological polar surface area (TPSA) is 86.6 Å². The molecule has 0 spiro atoms. The van der Waals surface area contributed by atoms with Gasteiger partial charge in [-0.25, -0.2) is 0 Å². The molecule has 0 atom stereocenters. The van der Waals surface area contributed by atoms with Gasteiger partial charge in [0, 0.05) is 5.56 Å². The molecular formula is C15H21NO4. The van der Waals surface area contributed by atoms with Crippen LogP contribution in [0.2, 0.25) is 0 Å². The maximum atomic E-state index is 12.2. The van der Waals surface area contributed by atoms with Gasteiger partial charge >= 0.3 is 5.97 Å². The first kappa shape index (κ1) is 16.0. The molecule has 1 aromatic carbocycles. The SMILES string of the molecule is Cc1cc(C(=O)NC(C)(C)C(C)(C)C(=O)O)ccc1O. The molecule has 0 fully saturated rings. The van der Waals surface area contributed by atoms with E-state index < -0.39 is 16.9 Å². The predicted octanol–water partition coefficient (Wildman–Crippen LogP) is 2.32. The van der Waals surface area contributed by atoms with Crippen LogP contribution >= 0.6 is 0 Å². The maximum Gasteiger partial charge on any atom is 0.311 e. The van der Waals surface area contributed by atoms with E-state index in [-0.39, 0.29) is 11.7 Å². The van der Waals surface area contributed by atoms with Gasteiger partial charge in [0.15, 0.2) is 0 Å². The standard InChI is InChI=1S/C15H21NO4/c1-9-8-10(6-7-11(9)17)12(18)16-15(4,5)14(2,3)13(19)20/h6-8,17H,1-5H3,(H,16,18)(H,19,20). The van der Waals surface area contributed by atoms with Crippen molar-refractivity contribution < 1.29 is 19.8 Å². The molecule has 1 rings (SSSR count). The summed E-state index contributed by atoms with van der Waals surface area (Å²) in [4.78, 5) is 23.5. The molecule has 1 aromatic rings. The van der Waals surface area contributed by atoms with Crippen molar-refractivity contribution in [1.29, 1.82) is 0 Å². The van der Waals surface area contributed by atoms with Crippen molar-refractivity contribution in [3.8, 4) is 5.75 Å². The highest BCUT2D eigenvalue weighted by molar-refractivity contribution is 5.95. The van der Waals surface area contributed by atoms with Crippen LogP contribution in [0, 0.1) is 12.3 Å². The number of phenolic OH excluding ortho intramolecular Hbond substituents is 1. The number of amides is 1. The Morgan fingerprint density at radius 3 is 2.15 bits per heavy atom. The summed E-state index contributed by atoms with van der Waals surface area (Å²) in [6.45, 7) is 8.17. The highest BCUT2D eigenvalue weighted by atomic mass is 16.4. The van der Waals surface area contributed by atoms with Gasteiger partial charge in [0.1, 0.15) is 5.75 Å². The van der Waals surface area contributed by atoms with Gasteiger partial charge in [0.05, 0.1) is 11.0 Å². The van der Waals surface area contributed by atoms with E-state index in [1.165, 1.54) is 12.1 Å². The minimum absolute atomic E-state index is 0.117. The molecule has 0 aliphatic carbocycles. The van der Waals surface area contributed by atoms with Gasteiger partial charge in [-0.15, -0.1) is 0 Å². The second kappa shape index (κ2) is 5.15. The van der Waals surface area contributed by atoms with E-state index in [2.05, 4.69) is 5.32 Å². The third-order valence-corrected chi connectivity index (χ3v) is 3.98. The summed E-state index contributed by atoms with van der Waals surface area (Å²) >= 11 is 0. The van der Waals surface area contributed by atoms with Gasteiger partial charge in [0.2, 0.25) is 0 Å². The first-order chi connectivity index (χ1) is 8.99. The molecule has 20 heavy (non-hydrogen) atoms. The number of benzene rings is 1. The van der Waals surface area contributed by atoms with Crippen LogP contribution < -0.4 is 5.32 Å². The average Bonchev–Trinajstić information content (AvgIpc) is 2.31. The summed E-state index contributed by atoms with van der Waals surface area (Å²) in [5, 5.41) is 21.4. The molecule has 0 aromatic heterocycles. The molecule has 5 nitrogen and oxygen atoms in total. The van der Waals surface area contributed by atoms with Crippen molar-refractivity contribution in [2.45, 2.75) is 40.2 Å². The monoisotopic (exact) mass is 279 g/mol. The van der Waals surface area contributed by atoms with Crippen LogP contribution in [-0.4, -0.2) is 27.6 Å². The highest BCUT2D eigenvalue weighted by Gasteiger charge is 2.44. The van der Waals surface area contributed by atoms with E-state index in [0.717, 1.165) is 0 Å². The molecule has 0 aliphatic rings. The van der Waals surface area contributed by atoms with Crippen molar-refractivity contribution in [3.05, 3.63) is 29.3 Å². The highest BCUT2D eigenvalue weighted by Crippen LogP contribution is 2.31. The molecule has 110 valence electrons. The number of phenols is 1.